The van der Waals surface area contributed by atoms with Gasteiger partial charge in [-0.3, -0.25) is 0 Å². The van der Waals surface area contributed by atoms with Gasteiger partial charge in [-0.05, 0) is 31.2 Å². The Morgan fingerprint density at radius 2 is 2.19 bits per heavy atom. The highest BCUT2D eigenvalue weighted by Gasteiger charge is 2.09. The summed E-state index contributed by atoms with van der Waals surface area (Å²) < 4.78 is 13.2. The quantitative estimate of drug-likeness (QED) is 0.811. The molecule has 2 rings (SSSR count). The summed E-state index contributed by atoms with van der Waals surface area (Å²) in [5.41, 5.74) is 1.19. The van der Waals surface area contributed by atoms with Gasteiger partial charge in [-0.15, -0.1) is 0 Å². The van der Waals surface area contributed by atoms with Gasteiger partial charge in [0.05, 0.1) is 20.0 Å². The highest BCUT2D eigenvalue weighted by atomic mass is 16.5. The maximum atomic E-state index is 5.80. The summed E-state index contributed by atoms with van der Waals surface area (Å²) >= 11 is 0. The number of hydrogen-bond acceptors (Lipinski definition) is 4. The minimum Gasteiger partial charge on any atom is -0.493 e. The van der Waals surface area contributed by atoms with Gasteiger partial charge in [-0.25, -0.2) is 4.98 Å². The van der Waals surface area contributed by atoms with E-state index in [0.717, 1.165) is 24.6 Å². The second kappa shape index (κ2) is 7.69. The zero-order chi connectivity index (χ0) is 15.1. The summed E-state index contributed by atoms with van der Waals surface area (Å²) in [6, 6.07) is 6.36. The predicted octanol–water partition coefficient (Wildman–Crippen LogP) is 2.64. The van der Waals surface area contributed by atoms with Crippen LogP contribution in [-0.2, 0) is 6.54 Å². The number of benzene rings is 1. The molecule has 1 atom stereocenters. The van der Waals surface area contributed by atoms with Crippen molar-refractivity contribution in [2.45, 2.75) is 26.4 Å². The number of nitrogens with zero attached hydrogens (tertiary/aromatic N) is 2. The van der Waals surface area contributed by atoms with Crippen LogP contribution in [-0.4, -0.2) is 29.8 Å². The summed E-state index contributed by atoms with van der Waals surface area (Å²) in [5, 5.41) is 3.39. The summed E-state index contributed by atoms with van der Waals surface area (Å²) in [7, 11) is 1.67. The van der Waals surface area contributed by atoms with Crippen LogP contribution in [0.1, 0.15) is 25.5 Å². The molecule has 0 aliphatic heterocycles. The molecule has 114 valence electrons. The molecular formula is C16H23N3O2. The van der Waals surface area contributed by atoms with E-state index in [1.54, 1.807) is 19.6 Å². The zero-order valence-electron chi connectivity index (χ0n) is 12.9. The van der Waals surface area contributed by atoms with Crippen LogP contribution in [0.2, 0.25) is 0 Å². The van der Waals surface area contributed by atoms with Gasteiger partial charge in [0, 0.05) is 18.4 Å². The van der Waals surface area contributed by atoms with Crippen molar-refractivity contribution in [3.63, 3.8) is 0 Å². The highest BCUT2D eigenvalue weighted by molar-refractivity contribution is 5.43. The fourth-order valence-electron chi connectivity index (χ4n) is 2.18. The third-order valence-corrected chi connectivity index (χ3v) is 3.36. The molecule has 0 saturated carbocycles. The van der Waals surface area contributed by atoms with E-state index in [9.17, 15) is 0 Å². The third-order valence-electron chi connectivity index (χ3n) is 3.36. The third kappa shape index (κ3) is 4.23. The summed E-state index contributed by atoms with van der Waals surface area (Å²) in [5.74, 6) is 1.54. The standard InChI is InChI=1S/C16H23N3O2/c1-4-18-13(2)14-5-6-15(16(11-14)20-3)21-10-9-19-8-7-17-12-19/h5-8,11-13,18H,4,9-10H2,1-3H3. The first kappa shape index (κ1) is 15.4. The van der Waals surface area contributed by atoms with Crippen LogP contribution >= 0.6 is 0 Å². The topological polar surface area (TPSA) is 48.3 Å². The summed E-state index contributed by atoms with van der Waals surface area (Å²) in [6.07, 6.45) is 5.46. The average Bonchev–Trinajstić information content (AvgIpc) is 3.01. The van der Waals surface area contributed by atoms with Crippen LogP contribution in [0.5, 0.6) is 11.5 Å². The fraction of sp³-hybridized carbons (Fsp3) is 0.438. The Labute approximate surface area is 125 Å². The van der Waals surface area contributed by atoms with E-state index in [1.165, 1.54) is 5.56 Å². The van der Waals surface area contributed by atoms with Crippen molar-refractivity contribution in [2.75, 3.05) is 20.3 Å². The van der Waals surface area contributed by atoms with E-state index in [4.69, 9.17) is 9.47 Å². The van der Waals surface area contributed by atoms with Gasteiger partial charge < -0.3 is 19.4 Å². The number of methoxy groups -OCH3 is 1. The number of rotatable bonds is 8. The van der Waals surface area contributed by atoms with Crippen molar-refractivity contribution in [3.8, 4) is 11.5 Å². The van der Waals surface area contributed by atoms with Gasteiger partial charge >= 0.3 is 0 Å². The normalized spacial score (nSPS) is 12.1. The Bertz CT molecular complexity index is 540. The Morgan fingerprint density at radius 3 is 2.86 bits per heavy atom. The van der Waals surface area contributed by atoms with Gasteiger partial charge in [0.1, 0.15) is 6.61 Å². The lowest BCUT2D eigenvalue weighted by Crippen LogP contribution is -2.17. The minimum atomic E-state index is 0.295. The van der Waals surface area contributed by atoms with Crippen LogP contribution < -0.4 is 14.8 Å². The first-order chi connectivity index (χ1) is 10.2. The largest absolute Gasteiger partial charge is 0.493 e. The lowest BCUT2D eigenvalue weighted by atomic mass is 10.1. The van der Waals surface area contributed by atoms with Crippen molar-refractivity contribution in [2.24, 2.45) is 0 Å². The Hall–Kier alpha value is -2.01. The molecule has 1 unspecified atom stereocenters. The molecule has 1 heterocycles. The molecule has 0 aliphatic rings. The average molecular weight is 289 g/mol. The van der Waals surface area contributed by atoms with Gasteiger partial charge in [-0.1, -0.05) is 13.0 Å². The molecule has 0 amide bonds. The maximum absolute atomic E-state index is 5.80. The van der Waals surface area contributed by atoms with Gasteiger partial charge in [0.25, 0.3) is 0 Å². The van der Waals surface area contributed by atoms with E-state index >= 15 is 0 Å². The SMILES string of the molecule is CCNC(C)c1ccc(OCCn2ccnc2)c(OC)c1. The van der Waals surface area contributed by atoms with E-state index in [-0.39, 0.29) is 0 Å². The number of nitrogens with one attached hydrogen (secondary N) is 1. The minimum absolute atomic E-state index is 0.295. The molecule has 5 heteroatoms. The van der Waals surface area contributed by atoms with Crippen LogP contribution in [0.4, 0.5) is 0 Å². The molecule has 21 heavy (non-hydrogen) atoms. The molecule has 5 nitrogen and oxygen atoms in total. The van der Waals surface area contributed by atoms with Gasteiger partial charge in [0.15, 0.2) is 11.5 Å². The second-order valence-electron chi connectivity index (χ2n) is 4.84. The first-order valence-electron chi connectivity index (χ1n) is 7.24. The highest BCUT2D eigenvalue weighted by Crippen LogP contribution is 2.30. The van der Waals surface area contributed by atoms with Crippen LogP contribution in [0.25, 0.3) is 0 Å². The number of hydrogen-bond donors (Lipinski definition) is 1. The van der Waals surface area contributed by atoms with Crippen molar-refractivity contribution in [1.29, 1.82) is 0 Å². The molecule has 1 aromatic carbocycles. The Kier molecular flexibility index (Phi) is 5.63. The van der Waals surface area contributed by atoms with E-state index in [1.807, 2.05) is 22.9 Å². The Balaban J connectivity index is 1.98. The number of aromatic nitrogens is 2. The molecule has 0 bridgehead atoms. The lowest BCUT2D eigenvalue weighted by molar-refractivity contribution is 0.279. The number of ether oxygens (including phenoxy) is 2. The second-order valence-corrected chi connectivity index (χ2v) is 4.84. The molecule has 0 saturated heterocycles. The van der Waals surface area contributed by atoms with Crippen molar-refractivity contribution < 1.29 is 9.47 Å². The summed E-state index contributed by atoms with van der Waals surface area (Å²) in [4.78, 5) is 4.01. The van der Waals surface area contributed by atoms with Crippen LogP contribution in [0, 0.1) is 0 Å². The molecule has 1 aromatic heterocycles. The molecule has 1 N–H and O–H groups in total. The monoisotopic (exact) mass is 289 g/mol. The number of imidazole rings is 1. The van der Waals surface area contributed by atoms with Crippen molar-refractivity contribution in [3.05, 3.63) is 42.5 Å². The maximum Gasteiger partial charge on any atom is 0.161 e. The van der Waals surface area contributed by atoms with Crippen molar-refractivity contribution >= 4 is 0 Å². The molecule has 0 spiro atoms. The Morgan fingerprint density at radius 1 is 1.33 bits per heavy atom. The van der Waals surface area contributed by atoms with Gasteiger partial charge in [-0.2, -0.15) is 0 Å². The van der Waals surface area contributed by atoms with Gasteiger partial charge in [0.2, 0.25) is 0 Å². The van der Waals surface area contributed by atoms with E-state index < -0.39 is 0 Å². The molecule has 0 aliphatic carbocycles. The lowest BCUT2D eigenvalue weighted by Gasteiger charge is -2.16. The zero-order valence-corrected chi connectivity index (χ0v) is 12.9. The molecular weight excluding hydrogens is 266 g/mol. The van der Waals surface area contributed by atoms with Crippen LogP contribution in [0.3, 0.4) is 0 Å². The molecule has 2 aromatic rings. The fourth-order valence-corrected chi connectivity index (χ4v) is 2.18. The summed E-state index contributed by atoms with van der Waals surface area (Å²) in [6.45, 7) is 6.51. The smallest absolute Gasteiger partial charge is 0.161 e. The van der Waals surface area contributed by atoms with Crippen LogP contribution in [0.15, 0.2) is 36.9 Å². The van der Waals surface area contributed by atoms with E-state index in [2.05, 4.69) is 30.2 Å². The molecule has 0 radical (unpaired) electrons. The molecule has 0 fully saturated rings. The van der Waals surface area contributed by atoms with E-state index in [0.29, 0.717) is 12.6 Å². The predicted molar refractivity (Wildman–Crippen MR) is 82.8 cm³/mol. The first-order valence-corrected chi connectivity index (χ1v) is 7.24. The van der Waals surface area contributed by atoms with Crippen molar-refractivity contribution in [1.82, 2.24) is 14.9 Å².